The molecule has 1 nitrogen and oxygen atoms in total. The molecular weight excluding hydrogens is 320 g/mol. The number of alkyl halides is 3. The van der Waals surface area contributed by atoms with Crippen LogP contribution in [-0.2, 0) is 17.4 Å². The first-order chi connectivity index (χ1) is 11.4. The summed E-state index contributed by atoms with van der Waals surface area (Å²) in [6.07, 6.45) is -3.51. The van der Waals surface area contributed by atoms with E-state index in [0.717, 1.165) is 18.4 Å². The molecule has 0 saturated heterocycles. The molecule has 122 valence electrons. The van der Waals surface area contributed by atoms with Crippen LogP contribution in [0.3, 0.4) is 0 Å². The van der Waals surface area contributed by atoms with Gasteiger partial charge in [0, 0.05) is 6.42 Å². The largest absolute Gasteiger partial charge is 0.416 e. The highest BCUT2D eigenvalue weighted by Gasteiger charge is 2.30. The van der Waals surface area contributed by atoms with E-state index in [1.807, 2.05) is 0 Å². The number of rotatable bonds is 3. The van der Waals surface area contributed by atoms with Crippen molar-refractivity contribution in [3.63, 3.8) is 0 Å². The number of hydrogen-bond acceptors (Lipinski definition) is 1. The van der Waals surface area contributed by atoms with Gasteiger partial charge in [0.25, 0.3) is 0 Å². The van der Waals surface area contributed by atoms with Crippen molar-refractivity contribution in [3.8, 4) is 11.1 Å². The van der Waals surface area contributed by atoms with E-state index in [1.165, 1.54) is 24.3 Å². The summed E-state index contributed by atoms with van der Waals surface area (Å²) in [6.45, 7) is 0. The molecule has 0 atom stereocenters. The van der Waals surface area contributed by atoms with Gasteiger partial charge in [0.15, 0.2) is 0 Å². The molecule has 3 rings (SSSR count). The molecule has 0 fully saturated rings. The average molecular weight is 332 g/mol. The first-order valence-corrected chi connectivity index (χ1v) is 7.22. The summed E-state index contributed by atoms with van der Waals surface area (Å²) >= 11 is 0. The highest BCUT2D eigenvalue weighted by molar-refractivity contribution is 5.97. The minimum atomic E-state index is -4.40. The fraction of sp³-hybridized carbons (Fsp3) is 0.105. The van der Waals surface area contributed by atoms with Crippen molar-refractivity contribution in [3.05, 3.63) is 71.5 Å². The summed E-state index contributed by atoms with van der Waals surface area (Å²) < 4.78 is 51.6. The first kappa shape index (κ1) is 16.2. The van der Waals surface area contributed by atoms with Crippen molar-refractivity contribution in [2.24, 2.45) is 0 Å². The van der Waals surface area contributed by atoms with Crippen LogP contribution in [0.25, 0.3) is 21.9 Å². The minimum Gasteiger partial charge on any atom is -0.303 e. The monoisotopic (exact) mass is 332 g/mol. The molecule has 0 radical (unpaired) electrons. The summed E-state index contributed by atoms with van der Waals surface area (Å²) in [5.74, 6) is -0.413. The molecule has 3 aromatic rings. The Bertz CT molecular complexity index is 896. The van der Waals surface area contributed by atoms with E-state index < -0.39 is 17.6 Å². The van der Waals surface area contributed by atoms with Gasteiger partial charge in [0.05, 0.1) is 5.56 Å². The molecular formula is C19H12F4O. The predicted octanol–water partition coefficient (Wildman–Crippen LogP) is 5.41. The Kier molecular flexibility index (Phi) is 4.09. The summed E-state index contributed by atoms with van der Waals surface area (Å²) in [5.41, 5.74) is 1.19. The molecule has 0 amide bonds. The van der Waals surface area contributed by atoms with Crippen LogP contribution in [0, 0.1) is 5.82 Å². The topological polar surface area (TPSA) is 17.1 Å². The second-order valence-corrected chi connectivity index (χ2v) is 5.45. The zero-order chi connectivity index (χ0) is 17.3. The fourth-order valence-electron chi connectivity index (χ4n) is 2.69. The highest BCUT2D eigenvalue weighted by atomic mass is 19.4. The molecule has 3 aromatic carbocycles. The van der Waals surface area contributed by atoms with Crippen molar-refractivity contribution in [1.82, 2.24) is 0 Å². The highest BCUT2D eigenvalue weighted by Crippen LogP contribution is 2.34. The third-order valence-corrected chi connectivity index (χ3v) is 3.82. The molecule has 24 heavy (non-hydrogen) atoms. The molecule has 0 N–H and O–H groups in total. The molecule has 0 unspecified atom stereocenters. The number of carbonyl (C=O) groups excluding carboxylic acids is 1. The lowest BCUT2D eigenvalue weighted by Gasteiger charge is -2.12. The Morgan fingerprint density at radius 1 is 0.917 bits per heavy atom. The van der Waals surface area contributed by atoms with E-state index >= 15 is 0 Å². The van der Waals surface area contributed by atoms with Gasteiger partial charge in [-0.2, -0.15) is 13.2 Å². The van der Waals surface area contributed by atoms with Crippen LogP contribution in [0.5, 0.6) is 0 Å². The molecule has 0 spiro atoms. The summed E-state index contributed by atoms with van der Waals surface area (Å²) in [7, 11) is 0. The average Bonchev–Trinajstić information content (AvgIpc) is 2.53. The minimum absolute atomic E-state index is 0.153. The maximum absolute atomic E-state index is 13.5. The molecule has 0 aromatic heterocycles. The molecule has 0 saturated carbocycles. The van der Waals surface area contributed by atoms with Crippen molar-refractivity contribution < 1.29 is 22.4 Å². The lowest BCUT2D eigenvalue weighted by Crippen LogP contribution is -2.04. The molecule has 0 aliphatic heterocycles. The summed E-state index contributed by atoms with van der Waals surface area (Å²) in [6, 6.07) is 12.5. The standard InChI is InChI=1S/C19H12F4O/c20-16-5-6-17-14(11-16)9-12(7-8-24)10-18(17)13-1-3-15(4-2-13)19(21,22)23/h1-6,8-11H,7H2. The van der Waals surface area contributed by atoms with Crippen molar-refractivity contribution >= 4 is 17.1 Å². The number of benzene rings is 3. The van der Waals surface area contributed by atoms with Crippen LogP contribution >= 0.6 is 0 Å². The van der Waals surface area contributed by atoms with E-state index in [0.29, 0.717) is 27.5 Å². The number of hydrogen-bond donors (Lipinski definition) is 0. The van der Waals surface area contributed by atoms with E-state index in [1.54, 1.807) is 18.2 Å². The number of aldehydes is 1. The Hall–Kier alpha value is -2.69. The quantitative estimate of drug-likeness (QED) is 0.463. The van der Waals surface area contributed by atoms with E-state index in [2.05, 4.69) is 0 Å². The van der Waals surface area contributed by atoms with Crippen LogP contribution in [0.2, 0.25) is 0 Å². The van der Waals surface area contributed by atoms with E-state index in [-0.39, 0.29) is 6.42 Å². The normalized spacial score (nSPS) is 11.7. The second kappa shape index (κ2) is 6.07. The number of fused-ring (bicyclic) bond motifs is 1. The Labute approximate surface area is 135 Å². The van der Waals surface area contributed by atoms with E-state index in [4.69, 9.17) is 0 Å². The van der Waals surface area contributed by atoms with Crippen LogP contribution in [-0.4, -0.2) is 6.29 Å². The number of carbonyl (C=O) groups is 1. The zero-order valence-corrected chi connectivity index (χ0v) is 12.4. The van der Waals surface area contributed by atoms with Crippen LogP contribution in [0.4, 0.5) is 17.6 Å². The first-order valence-electron chi connectivity index (χ1n) is 7.22. The summed E-state index contributed by atoms with van der Waals surface area (Å²) in [4.78, 5) is 10.8. The lowest BCUT2D eigenvalue weighted by molar-refractivity contribution is -0.137. The number of halogens is 4. The van der Waals surface area contributed by atoms with Crippen LogP contribution < -0.4 is 0 Å². The molecule has 0 aliphatic rings. The smallest absolute Gasteiger partial charge is 0.303 e. The predicted molar refractivity (Wildman–Crippen MR) is 84.1 cm³/mol. The van der Waals surface area contributed by atoms with Gasteiger partial charge in [-0.05, 0) is 51.7 Å². The van der Waals surface area contributed by atoms with Crippen molar-refractivity contribution in [1.29, 1.82) is 0 Å². The van der Waals surface area contributed by atoms with E-state index in [9.17, 15) is 22.4 Å². The third kappa shape index (κ3) is 3.15. The maximum atomic E-state index is 13.5. The van der Waals surface area contributed by atoms with Gasteiger partial charge in [-0.1, -0.05) is 30.3 Å². The SMILES string of the molecule is O=CCc1cc(-c2ccc(C(F)(F)F)cc2)c2ccc(F)cc2c1. The van der Waals surface area contributed by atoms with Gasteiger partial charge in [-0.25, -0.2) is 4.39 Å². The Morgan fingerprint density at radius 3 is 2.25 bits per heavy atom. The lowest BCUT2D eigenvalue weighted by atomic mass is 9.94. The van der Waals surface area contributed by atoms with Gasteiger partial charge < -0.3 is 4.79 Å². The Morgan fingerprint density at radius 2 is 1.62 bits per heavy atom. The molecule has 0 bridgehead atoms. The fourth-order valence-corrected chi connectivity index (χ4v) is 2.69. The van der Waals surface area contributed by atoms with Gasteiger partial charge in [-0.3, -0.25) is 0 Å². The van der Waals surface area contributed by atoms with Gasteiger partial charge in [0.1, 0.15) is 12.1 Å². The molecule has 5 heteroatoms. The maximum Gasteiger partial charge on any atom is 0.416 e. The van der Waals surface area contributed by atoms with Gasteiger partial charge in [-0.15, -0.1) is 0 Å². The molecule has 0 aliphatic carbocycles. The van der Waals surface area contributed by atoms with Crippen LogP contribution in [0.15, 0.2) is 54.6 Å². The molecule has 0 heterocycles. The zero-order valence-electron chi connectivity index (χ0n) is 12.4. The van der Waals surface area contributed by atoms with Gasteiger partial charge >= 0.3 is 6.18 Å². The second-order valence-electron chi connectivity index (χ2n) is 5.45. The van der Waals surface area contributed by atoms with Crippen molar-refractivity contribution in [2.75, 3.05) is 0 Å². The van der Waals surface area contributed by atoms with Crippen LogP contribution in [0.1, 0.15) is 11.1 Å². The third-order valence-electron chi connectivity index (χ3n) is 3.82. The van der Waals surface area contributed by atoms with Crippen molar-refractivity contribution in [2.45, 2.75) is 12.6 Å². The summed E-state index contributed by atoms with van der Waals surface area (Å²) in [5, 5.41) is 1.31. The Balaban J connectivity index is 2.18. The van der Waals surface area contributed by atoms with Gasteiger partial charge in [0.2, 0.25) is 0 Å².